The molecule has 0 atom stereocenters. The number of hydrogen-bond acceptors (Lipinski definition) is 2. The van der Waals surface area contributed by atoms with Crippen LogP contribution in [0.4, 0.5) is 0 Å². The van der Waals surface area contributed by atoms with Gasteiger partial charge in [-0.25, -0.2) is 4.98 Å². The second kappa shape index (κ2) is 6.84. The highest BCUT2D eigenvalue weighted by Gasteiger charge is 2.28. The maximum absolute atomic E-state index is 12.4. The molecule has 2 aliphatic rings. The lowest BCUT2D eigenvalue weighted by molar-refractivity contribution is -0.133. The van der Waals surface area contributed by atoms with Gasteiger partial charge in [-0.05, 0) is 45.4 Å². The molecule has 4 nitrogen and oxygen atoms in total. The molecule has 1 aliphatic heterocycles. The van der Waals surface area contributed by atoms with Gasteiger partial charge in [0.2, 0.25) is 5.91 Å². The monoisotopic (exact) mass is 303 g/mol. The summed E-state index contributed by atoms with van der Waals surface area (Å²) in [5, 5.41) is 0. The van der Waals surface area contributed by atoms with E-state index in [4.69, 9.17) is 0 Å². The Hall–Kier alpha value is -1.32. The molecule has 122 valence electrons. The molecule has 2 fully saturated rings. The van der Waals surface area contributed by atoms with E-state index in [1.807, 2.05) is 6.20 Å². The van der Waals surface area contributed by atoms with Gasteiger partial charge in [0.15, 0.2) is 0 Å². The molecule has 2 heterocycles. The number of amides is 1. The molecule has 0 unspecified atom stereocenters. The van der Waals surface area contributed by atoms with Crippen LogP contribution in [0.1, 0.15) is 76.6 Å². The van der Waals surface area contributed by atoms with Crippen LogP contribution in [-0.2, 0) is 4.79 Å². The van der Waals surface area contributed by atoms with Crippen molar-refractivity contribution in [2.24, 2.45) is 5.92 Å². The molecule has 1 aromatic rings. The van der Waals surface area contributed by atoms with Crippen molar-refractivity contribution in [3.05, 3.63) is 18.2 Å². The Morgan fingerprint density at radius 3 is 2.55 bits per heavy atom. The van der Waals surface area contributed by atoms with E-state index in [-0.39, 0.29) is 0 Å². The minimum atomic E-state index is 0.387. The van der Waals surface area contributed by atoms with Gasteiger partial charge < -0.3 is 9.47 Å². The molecule has 1 aliphatic carbocycles. The molecule has 1 amide bonds. The van der Waals surface area contributed by atoms with Gasteiger partial charge in [-0.3, -0.25) is 4.79 Å². The third-order valence-electron chi connectivity index (χ3n) is 5.41. The predicted molar refractivity (Wildman–Crippen MR) is 87.7 cm³/mol. The Morgan fingerprint density at radius 1 is 1.23 bits per heavy atom. The number of hydrogen-bond donors (Lipinski definition) is 0. The first kappa shape index (κ1) is 15.6. The lowest BCUT2D eigenvalue weighted by Crippen LogP contribution is -2.39. The summed E-state index contributed by atoms with van der Waals surface area (Å²) < 4.78 is 2.28. The van der Waals surface area contributed by atoms with Gasteiger partial charge in [-0.1, -0.05) is 12.8 Å². The lowest BCUT2D eigenvalue weighted by Gasteiger charge is -2.33. The van der Waals surface area contributed by atoms with Gasteiger partial charge >= 0.3 is 0 Å². The summed E-state index contributed by atoms with van der Waals surface area (Å²) in [4.78, 5) is 19.1. The molecule has 1 saturated heterocycles. The molecule has 1 saturated carbocycles. The summed E-state index contributed by atoms with van der Waals surface area (Å²) in [5.41, 5.74) is 0. The third kappa shape index (κ3) is 3.36. The van der Waals surface area contributed by atoms with E-state index in [9.17, 15) is 4.79 Å². The molecular formula is C18H29N3O. The zero-order chi connectivity index (χ0) is 15.5. The fourth-order valence-corrected chi connectivity index (χ4v) is 4.06. The van der Waals surface area contributed by atoms with Crippen LogP contribution in [0.5, 0.6) is 0 Å². The highest BCUT2D eigenvalue weighted by molar-refractivity contribution is 5.76. The molecule has 0 N–H and O–H groups in total. The Labute approximate surface area is 133 Å². The van der Waals surface area contributed by atoms with Crippen LogP contribution < -0.4 is 0 Å². The summed E-state index contributed by atoms with van der Waals surface area (Å²) in [6, 6.07) is 0.458. The van der Waals surface area contributed by atoms with Crippen molar-refractivity contribution < 1.29 is 4.79 Å². The van der Waals surface area contributed by atoms with E-state index in [0.717, 1.165) is 32.4 Å². The summed E-state index contributed by atoms with van der Waals surface area (Å²) in [6.07, 6.45) is 12.0. The number of carbonyl (C=O) groups is 1. The van der Waals surface area contributed by atoms with Gasteiger partial charge in [0.05, 0.1) is 0 Å². The molecule has 0 spiro atoms. The first-order valence-corrected chi connectivity index (χ1v) is 8.95. The number of carbonyl (C=O) groups excluding carboxylic acids is 1. The summed E-state index contributed by atoms with van der Waals surface area (Å²) in [7, 11) is 0. The van der Waals surface area contributed by atoms with Crippen LogP contribution in [-0.4, -0.2) is 33.4 Å². The van der Waals surface area contributed by atoms with Crippen molar-refractivity contribution in [1.82, 2.24) is 14.5 Å². The maximum atomic E-state index is 12.4. The van der Waals surface area contributed by atoms with Crippen LogP contribution in [0.3, 0.4) is 0 Å². The molecular weight excluding hydrogens is 274 g/mol. The van der Waals surface area contributed by atoms with E-state index in [1.165, 1.54) is 31.5 Å². The topological polar surface area (TPSA) is 38.1 Å². The number of likely N-dealkylation sites (tertiary alicyclic amines) is 1. The Morgan fingerprint density at radius 2 is 1.91 bits per heavy atom. The van der Waals surface area contributed by atoms with E-state index in [2.05, 4.69) is 34.5 Å². The number of rotatable bonds is 4. The number of aromatic nitrogens is 2. The average Bonchev–Trinajstić information content (AvgIpc) is 3.18. The van der Waals surface area contributed by atoms with Crippen LogP contribution in [0, 0.1) is 5.92 Å². The average molecular weight is 303 g/mol. The maximum Gasteiger partial charge on any atom is 0.222 e. The zero-order valence-electron chi connectivity index (χ0n) is 14.0. The summed E-state index contributed by atoms with van der Waals surface area (Å²) >= 11 is 0. The normalized spacial score (nSPS) is 21.0. The van der Waals surface area contributed by atoms with E-state index < -0.39 is 0 Å². The van der Waals surface area contributed by atoms with Gasteiger partial charge in [-0.15, -0.1) is 0 Å². The quantitative estimate of drug-likeness (QED) is 0.849. The van der Waals surface area contributed by atoms with Gasteiger partial charge in [0.25, 0.3) is 0 Å². The summed E-state index contributed by atoms with van der Waals surface area (Å²) in [5.74, 6) is 2.76. The van der Waals surface area contributed by atoms with Crippen molar-refractivity contribution in [2.75, 3.05) is 13.1 Å². The van der Waals surface area contributed by atoms with Gasteiger partial charge in [0.1, 0.15) is 5.82 Å². The molecule has 22 heavy (non-hydrogen) atoms. The minimum absolute atomic E-state index is 0.387. The predicted octanol–water partition coefficient (Wildman–Crippen LogP) is 3.75. The Balaban J connectivity index is 1.53. The Kier molecular flexibility index (Phi) is 4.84. The molecule has 4 heteroatoms. The summed E-state index contributed by atoms with van der Waals surface area (Å²) in [6.45, 7) is 6.21. The van der Waals surface area contributed by atoms with E-state index in [0.29, 0.717) is 23.8 Å². The third-order valence-corrected chi connectivity index (χ3v) is 5.41. The highest BCUT2D eigenvalue weighted by atomic mass is 16.2. The standard InChI is InChI=1S/C18H29N3O/c1-14(2)21-12-9-19-18(21)16-7-10-20(11-8-16)17(22)13-15-5-3-4-6-15/h9,12,14-16H,3-8,10-11,13H2,1-2H3. The molecule has 0 aromatic carbocycles. The van der Waals surface area contributed by atoms with Crippen molar-refractivity contribution in [3.8, 4) is 0 Å². The van der Waals surface area contributed by atoms with Crippen molar-refractivity contribution >= 4 is 5.91 Å². The van der Waals surface area contributed by atoms with Crippen LogP contribution in [0.15, 0.2) is 12.4 Å². The van der Waals surface area contributed by atoms with Gasteiger partial charge in [0, 0.05) is 43.9 Å². The van der Waals surface area contributed by atoms with Crippen molar-refractivity contribution in [3.63, 3.8) is 0 Å². The van der Waals surface area contributed by atoms with Crippen LogP contribution in [0.2, 0.25) is 0 Å². The largest absolute Gasteiger partial charge is 0.343 e. The van der Waals surface area contributed by atoms with E-state index >= 15 is 0 Å². The molecule has 0 radical (unpaired) electrons. The fourth-order valence-electron chi connectivity index (χ4n) is 4.06. The van der Waals surface area contributed by atoms with Gasteiger partial charge in [-0.2, -0.15) is 0 Å². The number of nitrogens with zero attached hydrogens (tertiary/aromatic N) is 3. The van der Waals surface area contributed by atoms with Crippen molar-refractivity contribution in [2.45, 2.75) is 70.8 Å². The molecule has 3 rings (SSSR count). The van der Waals surface area contributed by atoms with Crippen molar-refractivity contribution in [1.29, 1.82) is 0 Å². The second-order valence-electron chi connectivity index (χ2n) is 7.30. The van der Waals surface area contributed by atoms with E-state index in [1.54, 1.807) is 0 Å². The first-order valence-electron chi connectivity index (χ1n) is 8.95. The highest BCUT2D eigenvalue weighted by Crippen LogP contribution is 2.31. The minimum Gasteiger partial charge on any atom is -0.343 e. The number of piperidine rings is 1. The smallest absolute Gasteiger partial charge is 0.222 e. The van der Waals surface area contributed by atoms with Crippen LogP contribution in [0.25, 0.3) is 0 Å². The first-order chi connectivity index (χ1) is 10.6. The van der Waals surface area contributed by atoms with Crippen LogP contribution >= 0.6 is 0 Å². The SMILES string of the molecule is CC(C)n1ccnc1C1CCN(C(=O)CC2CCCC2)CC1. The Bertz CT molecular complexity index is 494. The molecule has 0 bridgehead atoms. The fraction of sp³-hybridized carbons (Fsp3) is 0.778. The lowest BCUT2D eigenvalue weighted by atomic mass is 9.94. The zero-order valence-corrected chi connectivity index (χ0v) is 14.0. The second-order valence-corrected chi connectivity index (χ2v) is 7.30. The molecule has 1 aromatic heterocycles. The number of imidazole rings is 1.